The Morgan fingerprint density at radius 1 is 0.842 bits per heavy atom. The normalized spacial score (nSPS) is 38.7. The van der Waals surface area contributed by atoms with Gasteiger partial charge in [0.05, 0.1) is 32.5 Å². The summed E-state index contributed by atoms with van der Waals surface area (Å²) < 4.78 is 22.3. The smallest absolute Gasteiger partial charge is 0.790 e. The summed E-state index contributed by atoms with van der Waals surface area (Å²) >= 11 is 0. The van der Waals surface area contributed by atoms with Crippen molar-refractivity contribution in [1.82, 2.24) is 0 Å². The average Bonchev–Trinajstić information content (AvgIpc) is 2.71. The second-order valence-corrected chi connectivity index (χ2v) is 11.9. The Kier molecular flexibility index (Phi) is 15.7. The topological polar surface area (TPSA) is 180 Å². The van der Waals surface area contributed by atoms with E-state index in [-0.39, 0.29) is 155 Å². The third-order valence-electron chi connectivity index (χ3n) is 8.93. The van der Waals surface area contributed by atoms with Crippen LogP contribution >= 0.6 is 7.82 Å². The molecular formula is C22H29Na4O11P. The zero-order chi connectivity index (χ0) is 24.3. The number of hydrogen-bond donors (Lipinski definition) is 0. The number of ether oxygens (including phenoxy) is 1. The molecule has 38 heavy (non-hydrogen) atoms. The minimum absolute atomic E-state index is 0. The van der Waals surface area contributed by atoms with Crippen molar-refractivity contribution in [2.45, 2.75) is 81.7 Å². The van der Waals surface area contributed by atoms with E-state index in [9.17, 15) is 34.2 Å². The predicted molar refractivity (Wildman–Crippen MR) is 103 cm³/mol. The van der Waals surface area contributed by atoms with Gasteiger partial charge in [0.1, 0.15) is 0 Å². The maximum Gasteiger partial charge on any atom is 1.00 e. The Bertz CT molecular complexity index is 847. The van der Waals surface area contributed by atoms with Gasteiger partial charge in [-0.1, -0.05) is 6.42 Å². The van der Waals surface area contributed by atoms with Crippen molar-refractivity contribution in [1.29, 1.82) is 0 Å². The fourth-order valence-corrected chi connectivity index (χ4v) is 8.44. The summed E-state index contributed by atoms with van der Waals surface area (Å²) in [5.74, 6) is -5.43. The van der Waals surface area contributed by atoms with Crippen LogP contribution in [0.3, 0.4) is 0 Å². The molecule has 0 aromatic carbocycles. The third-order valence-corrected chi connectivity index (χ3v) is 9.49. The molecule has 11 nitrogen and oxygen atoms in total. The molecule has 6 aliphatic rings. The predicted octanol–water partition coefficient (Wildman–Crippen LogP) is -13.2. The number of carboxylic acids is 2. The number of phosphoric ester groups is 1. The SMILES string of the molecule is O=C([O-])C(CCOC1(C2CCCC(OP(=O)([O-])[O-])C2)OOC12C1CC3CC(C1)CC2C3)C(=O)[O-].[Na+].[Na+].[Na+].[Na+]. The summed E-state index contributed by atoms with van der Waals surface area (Å²) in [4.78, 5) is 56.7. The van der Waals surface area contributed by atoms with Crippen LogP contribution in [0, 0.1) is 35.5 Å². The monoisotopic (exact) mass is 592 g/mol. The van der Waals surface area contributed by atoms with Gasteiger partial charge in [-0.3, -0.25) is 0 Å². The van der Waals surface area contributed by atoms with E-state index in [0.717, 1.165) is 25.7 Å². The van der Waals surface area contributed by atoms with Crippen molar-refractivity contribution in [3.05, 3.63) is 0 Å². The summed E-state index contributed by atoms with van der Waals surface area (Å²) in [7, 11) is -5.18. The van der Waals surface area contributed by atoms with Crippen LogP contribution < -0.4 is 138 Å². The van der Waals surface area contributed by atoms with E-state index >= 15 is 0 Å². The maximum atomic E-state index is 11.2. The Labute approximate surface area is 310 Å². The van der Waals surface area contributed by atoms with Gasteiger partial charge in [0.15, 0.2) is 5.60 Å². The molecule has 192 valence electrons. The molecule has 1 heterocycles. The largest absolute Gasteiger partial charge is 1.00 e. The van der Waals surface area contributed by atoms with Crippen molar-refractivity contribution >= 4 is 19.8 Å². The van der Waals surface area contributed by atoms with Gasteiger partial charge in [-0.25, -0.2) is 4.89 Å². The Morgan fingerprint density at radius 2 is 1.39 bits per heavy atom. The van der Waals surface area contributed by atoms with Gasteiger partial charge >= 0.3 is 118 Å². The van der Waals surface area contributed by atoms with Crippen molar-refractivity contribution < 1.29 is 171 Å². The fraction of sp³-hybridized carbons (Fsp3) is 0.909. The van der Waals surface area contributed by atoms with Crippen LogP contribution in [-0.2, 0) is 33.2 Å². The van der Waals surface area contributed by atoms with E-state index < -0.39 is 43.2 Å². The quantitative estimate of drug-likeness (QED) is 0.107. The molecule has 16 heteroatoms. The van der Waals surface area contributed by atoms with Crippen molar-refractivity contribution in [3.8, 4) is 0 Å². The van der Waals surface area contributed by atoms with Crippen LogP contribution in [0.25, 0.3) is 0 Å². The van der Waals surface area contributed by atoms with Gasteiger partial charge < -0.3 is 43.4 Å². The van der Waals surface area contributed by atoms with E-state index in [0.29, 0.717) is 31.1 Å². The molecular weight excluding hydrogens is 563 g/mol. The van der Waals surface area contributed by atoms with E-state index in [4.69, 9.17) is 19.0 Å². The zero-order valence-corrected chi connectivity index (χ0v) is 31.7. The molecule has 0 aromatic heterocycles. The molecule has 0 N–H and O–H groups in total. The first-order valence-electron chi connectivity index (χ1n) is 12.2. The van der Waals surface area contributed by atoms with Crippen molar-refractivity contribution in [2.75, 3.05) is 6.61 Å². The molecule has 3 unspecified atom stereocenters. The summed E-state index contributed by atoms with van der Waals surface area (Å²) in [5.41, 5.74) is -0.774. The zero-order valence-electron chi connectivity index (χ0n) is 22.8. The minimum atomic E-state index is -5.18. The van der Waals surface area contributed by atoms with E-state index in [2.05, 4.69) is 0 Å². The number of aliphatic carboxylic acids is 2. The maximum absolute atomic E-state index is 11.2. The summed E-state index contributed by atoms with van der Waals surface area (Å²) in [5, 5.41) is 22.4. The van der Waals surface area contributed by atoms with Crippen LogP contribution in [-0.4, -0.2) is 36.0 Å². The number of carboxylic acid groups (broad SMARTS) is 2. The van der Waals surface area contributed by atoms with Crippen LogP contribution in [0.5, 0.6) is 0 Å². The minimum Gasteiger partial charge on any atom is -0.790 e. The number of carbonyl (C=O) groups is 2. The van der Waals surface area contributed by atoms with Gasteiger partial charge in [-0.15, -0.1) is 0 Å². The van der Waals surface area contributed by atoms with Crippen LogP contribution in [0.2, 0.25) is 0 Å². The molecule has 5 aliphatic carbocycles. The van der Waals surface area contributed by atoms with Crippen LogP contribution in [0.4, 0.5) is 0 Å². The molecule has 1 aliphatic heterocycles. The summed E-state index contributed by atoms with van der Waals surface area (Å²) in [6.45, 7) is -0.242. The summed E-state index contributed by atoms with van der Waals surface area (Å²) in [6, 6.07) is 0. The Hall–Kier alpha value is 2.93. The standard InChI is InChI=1S/C22H33O11P.4Na/c23-19(24)18(20(25)26)4-5-30-22(14-2-1-3-17(11-14)31-34(27,28)29)21(32-33-22)15-7-12-6-13(9-15)10-16(21)8-12;;;;/h12-18H,1-11H2,(H,23,24)(H,25,26)(H2,27,28,29);;;;/q;4*+1/p-4. The number of phosphoric acid groups is 1. The molecule has 4 bridgehead atoms. The van der Waals surface area contributed by atoms with Crippen LogP contribution in [0.15, 0.2) is 0 Å². The van der Waals surface area contributed by atoms with Crippen LogP contribution in [0.1, 0.15) is 64.2 Å². The summed E-state index contributed by atoms with van der Waals surface area (Å²) in [6.07, 6.45) is 5.70. The first kappa shape index (κ1) is 39.0. The molecule has 6 rings (SSSR count). The Balaban J connectivity index is 0.00000180. The average molecular weight is 592 g/mol. The van der Waals surface area contributed by atoms with Gasteiger partial charge in [0, 0.05) is 11.8 Å². The number of hydrogen-bond acceptors (Lipinski definition) is 11. The van der Waals surface area contributed by atoms with E-state index in [1.807, 2.05) is 0 Å². The number of carbonyl (C=O) groups excluding carboxylic acids is 2. The van der Waals surface area contributed by atoms with Gasteiger partial charge in [0.25, 0.3) is 0 Å². The molecule has 1 spiro atoms. The van der Waals surface area contributed by atoms with Crippen molar-refractivity contribution in [3.63, 3.8) is 0 Å². The van der Waals surface area contributed by atoms with Gasteiger partial charge in [-0.05, 0) is 81.5 Å². The van der Waals surface area contributed by atoms with Crippen molar-refractivity contribution in [2.24, 2.45) is 35.5 Å². The third kappa shape index (κ3) is 7.41. The molecule has 0 radical (unpaired) electrons. The van der Waals surface area contributed by atoms with E-state index in [1.54, 1.807) is 0 Å². The molecule has 0 aromatic rings. The second-order valence-electron chi connectivity index (χ2n) is 10.8. The molecule has 0 amide bonds. The van der Waals surface area contributed by atoms with Gasteiger partial charge in [-0.2, -0.15) is 4.89 Å². The second kappa shape index (κ2) is 15.3. The fourth-order valence-electron chi connectivity index (χ4n) is 7.88. The molecule has 6 fully saturated rings. The number of rotatable bonds is 9. The molecule has 1 saturated heterocycles. The Morgan fingerprint density at radius 3 is 1.84 bits per heavy atom. The molecule has 3 atom stereocenters. The van der Waals surface area contributed by atoms with E-state index in [1.165, 1.54) is 6.42 Å². The first-order valence-corrected chi connectivity index (χ1v) is 13.6. The first-order chi connectivity index (χ1) is 16.0. The van der Waals surface area contributed by atoms with Gasteiger partial charge in [0.2, 0.25) is 5.79 Å². The molecule has 5 saturated carbocycles.